The van der Waals surface area contributed by atoms with Gasteiger partial charge in [0.2, 0.25) is 0 Å². The average Bonchev–Trinajstić information content (AvgIpc) is 3.18. The Kier molecular flexibility index (Phi) is 7.48. The van der Waals surface area contributed by atoms with Crippen molar-refractivity contribution in [2.45, 2.75) is 67.2 Å². The van der Waals surface area contributed by atoms with E-state index in [0.717, 1.165) is 68.4 Å². The van der Waals surface area contributed by atoms with Crippen LogP contribution in [0.4, 0.5) is 17.5 Å². The molecule has 8 nitrogen and oxygen atoms in total. The molecule has 0 saturated carbocycles. The Morgan fingerprint density at radius 2 is 1.85 bits per heavy atom. The number of aromatic nitrogens is 3. The number of pyridine rings is 1. The fourth-order valence-electron chi connectivity index (χ4n) is 5.87. The van der Waals surface area contributed by atoms with Gasteiger partial charge in [0.1, 0.15) is 16.7 Å². The van der Waals surface area contributed by atoms with E-state index in [2.05, 4.69) is 48.8 Å². The molecule has 4 heterocycles. The molecule has 1 unspecified atom stereocenters. The maximum Gasteiger partial charge on any atom is 0.158 e. The lowest BCUT2D eigenvalue weighted by atomic mass is 9.73. The Bertz CT molecular complexity index is 1430. The smallest absolute Gasteiger partial charge is 0.158 e. The molecule has 0 amide bonds. The van der Waals surface area contributed by atoms with Crippen LogP contribution < -0.4 is 20.3 Å². The maximum absolute atomic E-state index is 13.2. The summed E-state index contributed by atoms with van der Waals surface area (Å²) >= 11 is 8.11. The van der Waals surface area contributed by atoms with Crippen molar-refractivity contribution in [3.05, 3.63) is 58.9 Å². The highest BCUT2D eigenvalue weighted by Gasteiger charge is 2.48. The first-order valence-electron chi connectivity index (χ1n) is 13.9. The Balaban J connectivity index is 1.17. The number of nitrogens with one attached hydrogen (secondary N) is 1. The molecule has 2 saturated heterocycles. The summed E-state index contributed by atoms with van der Waals surface area (Å²) in [5, 5.41) is 1.27. The quantitative estimate of drug-likeness (QED) is 0.389. The van der Waals surface area contributed by atoms with Crippen LogP contribution >= 0.6 is 23.4 Å². The molecule has 11 heteroatoms. The summed E-state index contributed by atoms with van der Waals surface area (Å²) in [5.74, 6) is 2.00. The second-order valence-electron chi connectivity index (χ2n) is 12.0. The fourth-order valence-corrected chi connectivity index (χ4v) is 7.93. The SMILES string of the molecule is CC(C)(C)S(=O)N[C@@H]1c2ccccc2CC12CCN(c1cnc(Sc3ccnc(N4CCC4)c3Cl)c(N)n1)CC2. The first-order chi connectivity index (χ1) is 19.1. The number of nitrogens with zero attached hydrogens (tertiary/aromatic N) is 5. The summed E-state index contributed by atoms with van der Waals surface area (Å²) < 4.78 is 16.4. The van der Waals surface area contributed by atoms with Crippen molar-refractivity contribution >= 4 is 51.8 Å². The Hall–Kier alpha value is -2.40. The number of nitrogen functional groups attached to an aromatic ring is 1. The van der Waals surface area contributed by atoms with Gasteiger partial charge in [-0.1, -0.05) is 47.6 Å². The predicted molar refractivity (Wildman–Crippen MR) is 164 cm³/mol. The highest BCUT2D eigenvalue weighted by Crippen LogP contribution is 2.52. The summed E-state index contributed by atoms with van der Waals surface area (Å²) in [6.07, 6.45) is 7.67. The van der Waals surface area contributed by atoms with Crippen molar-refractivity contribution < 1.29 is 4.21 Å². The predicted octanol–water partition coefficient (Wildman–Crippen LogP) is 5.40. The number of hydrogen-bond donors (Lipinski definition) is 2. The summed E-state index contributed by atoms with van der Waals surface area (Å²) in [6.45, 7) is 9.69. The van der Waals surface area contributed by atoms with Crippen LogP contribution in [-0.4, -0.2) is 50.1 Å². The normalized spacial score (nSPS) is 20.9. The number of halogens is 1. The maximum atomic E-state index is 13.2. The van der Waals surface area contributed by atoms with Gasteiger partial charge >= 0.3 is 0 Å². The summed E-state index contributed by atoms with van der Waals surface area (Å²) in [6, 6.07) is 10.6. The zero-order valence-corrected chi connectivity index (χ0v) is 25.6. The van der Waals surface area contributed by atoms with Gasteiger partial charge in [-0.05, 0) is 69.1 Å². The number of fused-ring (bicyclic) bond motifs is 1. The summed E-state index contributed by atoms with van der Waals surface area (Å²) in [7, 11) is -1.15. The monoisotopic (exact) mass is 597 g/mol. The molecule has 3 aliphatic rings. The molecule has 2 aromatic heterocycles. The molecule has 2 fully saturated rings. The van der Waals surface area contributed by atoms with Gasteiger partial charge in [0.25, 0.3) is 0 Å². The first kappa shape index (κ1) is 27.8. The van der Waals surface area contributed by atoms with Gasteiger partial charge < -0.3 is 15.5 Å². The van der Waals surface area contributed by atoms with E-state index >= 15 is 0 Å². The largest absolute Gasteiger partial charge is 0.381 e. The standard InChI is InChI=1S/C29H36ClN7OS2/c1-28(2,3)40(38)35-24-20-8-5-4-7-19(20)17-29(24)10-15-36(16-11-29)22-18-33-27(25(31)34-22)39-21-9-12-32-26(23(21)30)37-13-6-14-37/h4-5,7-9,12,18,24,35H,6,10-11,13-17H2,1-3H3,(H2,31,34)/t24-,40?/m1/s1. The van der Waals surface area contributed by atoms with Crippen molar-refractivity contribution in [2.75, 3.05) is 41.7 Å². The highest BCUT2D eigenvalue weighted by atomic mass is 35.5. The number of benzene rings is 1. The van der Waals surface area contributed by atoms with Gasteiger partial charge in [-0.25, -0.2) is 23.9 Å². The molecular formula is C29H36ClN7OS2. The van der Waals surface area contributed by atoms with Gasteiger partial charge in [-0.3, -0.25) is 0 Å². The molecule has 1 aromatic carbocycles. The molecule has 0 bridgehead atoms. The highest BCUT2D eigenvalue weighted by molar-refractivity contribution is 7.99. The van der Waals surface area contributed by atoms with E-state index in [0.29, 0.717) is 15.9 Å². The molecule has 40 heavy (non-hydrogen) atoms. The van der Waals surface area contributed by atoms with Crippen LogP contribution in [0.2, 0.25) is 5.02 Å². The van der Waals surface area contributed by atoms with Gasteiger partial charge in [0.05, 0.1) is 33.0 Å². The molecule has 3 N–H and O–H groups in total. The Morgan fingerprint density at radius 3 is 2.52 bits per heavy atom. The summed E-state index contributed by atoms with van der Waals surface area (Å²) in [4.78, 5) is 19.2. The zero-order valence-electron chi connectivity index (χ0n) is 23.2. The zero-order chi connectivity index (χ0) is 28.1. The molecular weight excluding hydrogens is 562 g/mol. The van der Waals surface area contributed by atoms with Crippen LogP contribution in [0.5, 0.6) is 0 Å². The molecule has 3 aromatic rings. The minimum atomic E-state index is -1.15. The number of anilines is 3. The average molecular weight is 598 g/mol. The Labute approximate surface area is 248 Å². The second-order valence-corrected chi connectivity index (χ2v) is 15.4. The lowest BCUT2D eigenvalue weighted by Gasteiger charge is -2.44. The molecule has 212 valence electrons. The van der Waals surface area contributed by atoms with Gasteiger partial charge in [0, 0.05) is 37.3 Å². The second kappa shape index (κ2) is 10.8. The molecule has 2 atom stereocenters. The minimum absolute atomic E-state index is 0.0160. The summed E-state index contributed by atoms with van der Waals surface area (Å²) in [5.41, 5.74) is 9.08. The molecule has 1 spiro atoms. The van der Waals surface area contributed by atoms with Crippen LogP contribution in [0.3, 0.4) is 0 Å². The van der Waals surface area contributed by atoms with Crippen LogP contribution in [0.25, 0.3) is 0 Å². The number of rotatable bonds is 6. The van der Waals surface area contributed by atoms with E-state index in [1.54, 1.807) is 6.20 Å². The van der Waals surface area contributed by atoms with Crippen LogP contribution in [0.15, 0.2) is 52.6 Å². The van der Waals surface area contributed by atoms with E-state index in [-0.39, 0.29) is 16.2 Å². The lowest BCUT2D eigenvalue weighted by molar-refractivity contribution is 0.177. The van der Waals surface area contributed by atoms with E-state index in [4.69, 9.17) is 22.3 Å². The van der Waals surface area contributed by atoms with E-state index in [1.807, 2.05) is 33.0 Å². The van der Waals surface area contributed by atoms with E-state index in [1.165, 1.54) is 22.9 Å². The van der Waals surface area contributed by atoms with Gasteiger partial charge in [-0.2, -0.15) is 0 Å². The third kappa shape index (κ3) is 5.19. The van der Waals surface area contributed by atoms with Gasteiger partial charge in [-0.15, -0.1) is 0 Å². The van der Waals surface area contributed by atoms with E-state index < -0.39 is 11.0 Å². The molecule has 6 rings (SSSR count). The van der Waals surface area contributed by atoms with Crippen molar-refractivity contribution in [2.24, 2.45) is 5.41 Å². The van der Waals surface area contributed by atoms with Crippen molar-refractivity contribution in [1.29, 1.82) is 0 Å². The third-order valence-electron chi connectivity index (χ3n) is 8.33. The van der Waals surface area contributed by atoms with Crippen LogP contribution in [-0.2, 0) is 17.4 Å². The fraction of sp³-hybridized carbons (Fsp3) is 0.483. The third-order valence-corrected chi connectivity index (χ3v) is 11.4. The number of piperidine rings is 1. The Morgan fingerprint density at radius 1 is 1.10 bits per heavy atom. The van der Waals surface area contributed by atoms with E-state index in [9.17, 15) is 4.21 Å². The minimum Gasteiger partial charge on any atom is -0.381 e. The molecule has 2 aliphatic heterocycles. The number of hydrogen-bond acceptors (Lipinski definition) is 8. The first-order valence-corrected chi connectivity index (χ1v) is 16.2. The number of nitrogens with two attached hydrogens (primary N) is 1. The molecule has 0 radical (unpaired) electrons. The van der Waals surface area contributed by atoms with Crippen molar-refractivity contribution in [1.82, 2.24) is 19.7 Å². The lowest BCUT2D eigenvalue weighted by Crippen LogP contribution is -2.48. The van der Waals surface area contributed by atoms with Crippen LogP contribution in [0, 0.1) is 5.41 Å². The van der Waals surface area contributed by atoms with Crippen LogP contribution in [0.1, 0.15) is 57.2 Å². The topological polar surface area (TPSA) is 100 Å². The molecule has 1 aliphatic carbocycles. The van der Waals surface area contributed by atoms with Crippen molar-refractivity contribution in [3.8, 4) is 0 Å². The van der Waals surface area contributed by atoms with Gasteiger partial charge in [0.15, 0.2) is 5.82 Å². The van der Waals surface area contributed by atoms with Crippen molar-refractivity contribution in [3.63, 3.8) is 0 Å².